The normalized spacial score (nSPS) is 16.6. The van der Waals surface area contributed by atoms with E-state index in [2.05, 4.69) is 5.32 Å². The number of hydrogen-bond donors (Lipinski definition) is 2. The molecule has 1 aliphatic rings. The van der Waals surface area contributed by atoms with Gasteiger partial charge in [-0.15, -0.1) is 0 Å². The van der Waals surface area contributed by atoms with Crippen molar-refractivity contribution >= 4 is 17.3 Å². The Bertz CT molecular complexity index is 668. The van der Waals surface area contributed by atoms with E-state index in [0.29, 0.717) is 23.5 Å². The lowest BCUT2D eigenvalue weighted by Crippen LogP contribution is -2.38. The van der Waals surface area contributed by atoms with Gasteiger partial charge in [0.1, 0.15) is 11.5 Å². The van der Waals surface area contributed by atoms with Crippen LogP contribution in [-0.2, 0) is 11.2 Å². The molecule has 5 heteroatoms. The number of nitrogen functional groups attached to an aromatic ring is 1. The number of carbonyl (C=O) groups is 1. The first-order chi connectivity index (χ1) is 10.2. The van der Waals surface area contributed by atoms with Crippen molar-refractivity contribution in [2.24, 2.45) is 0 Å². The van der Waals surface area contributed by atoms with Crippen molar-refractivity contribution in [2.75, 3.05) is 18.2 Å². The maximum absolute atomic E-state index is 12.1. The van der Waals surface area contributed by atoms with Crippen LogP contribution in [0.2, 0.25) is 0 Å². The lowest BCUT2D eigenvalue weighted by molar-refractivity contribution is -0.123. The van der Waals surface area contributed by atoms with Crippen molar-refractivity contribution < 1.29 is 14.3 Å². The standard InChI is InChI=1S/C16H16N2O3/c1-20-12-5-2-10(3-6-12)8-15-16(19)18-13-9-11(17)4-7-14(13)21-15/h2-7,9,15H,8,17H2,1H3,(H,18,19). The van der Waals surface area contributed by atoms with E-state index < -0.39 is 6.10 Å². The van der Waals surface area contributed by atoms with Crippen LogP contribution in [0.15, 0.2) is 42.5 Å². The second-order valence-electron chi connectivity index (χ2n) is 4.90. The van der Waals surface area contributed by atoms with Gasteiger partial charge < -0.3 is 20.5 Å². The molecular formula is C16H16N2O3. The summed E-state index contributed by atoms with van der Waals surface area (Å²) in [5.41, 5.74) is 7.91. The highest BCUT2D eigenvalue weighted by Gasteiger charge is 2.27. The average molecular weight is 284 g/mol. The molecule has 0 saturated carbocycles. The zero-order chi connectivity index (χ0) is 14.8. The number of hydrogen-bond acceptors (Lipinski definition) is 4. The minimum Gasteiger partial charge on any atom is -0.497 e. The average Bonchev–Trinajstić information content (AvgIpc) is 2.49. The van der Waals surface area contributed by atoms with Gasteiger partial charge in [0.2, 0.25) is 0 Å². The molecule has 0 bridgehead atoms. The van der Waals surface area contributed by atoms with Crippen molar-refractivity contribution in [3.63, 3.8) is 0 Å². The van der Waals surface area contributed by atoms with Crippen LogP contribution in [-0.4, -0.2) is 19.1 Å². The minimum atomic E-state index is -0.547. The maximum atomic E-state index is 12.1. The molecule has 0 saturated heterocycles. The molecule has 0 aliphatic carbocycles. The molecule has 1 atom stereocenters. The number of fused-ring (bicyclic) bond motifs is 1. The Morgan fingerprint density at radius 2 is 2.00 bits per heavy atom. The van der Waals surface area contributed by atoms with E-state index in [1.165, 1.54) is 0 Å². The molecule has 0 fully saturated rings. The van der Waals surface area contributed by atoms with E-state index in [4.69, 9.17) is 15.2 Å². The number of benzene rings is 2. The van der Waals surface area contributed by atoms with Gasteiger partial charge in [0, 0.05) is 12.1 Å². The van der Waals surface area contributed by atoms with Crippen LogP contribution in [0.5, 0.6) is 11.5 Å². The first kappa shape index (κ1) is 13.3. The summed E-state index contributed by atoms with van der Waals surface area (Å²) < 4.78 is 10.9. The summed E-state index contributed by atoms with van der Waals surface area (Å²) in [5.74, 6) is 1.26. The van der Waals surface area contributed by atoms with Crippen LogP contribution in [0.3, 0.4) is 0 Å². The van der Waals surface area contributed by atoms with E-state index in [1.807, 2.05) is 24.3 Å². The van der Waals surface area contributed by atoms with Crippen LogP contribution in [0.1, 0.15) is 5.56 Å². The fourth-order valence-electron chi connectivity index (χ4n) is 2.28. The summed E-state index contributed by atoms with van der Waals surface area (Å²) in [6.07, 6.45) is -0.0471. The molecule has 2 aromatic rings. The summed E-state index contributed by atoms with van der Waals surface area (Å²) in [7, 11) is 1.62. The predicted octanol–water partition coefficient (Wildman–Crippen LogP) is 2.22. The molecule has 3 rings (SSSR count). The predicted molar refractivity (Wildman–Crippen MR) is 80.6 cm³/mol. The quantitative estimate of drug-likeness (QED) is 0.848. The topological polar surface area (TPSA) is 73.6 Å². The molecule has 21 heavy (non-hydrogen) atoms. The Labute approximate surface area is 122 Å². The van der Waals surface area contributed by atoms with Crippen molar-refractivity contribution in [1.82, 2.24) is 0 Å². The third kappa shape index (κ3) is 2.76. The maximum Gasteiger partial charge on any atom is 0.265 e. The first-order valence-electron chi connectivity index (χ1n) is 6.65. The molecule has 1 amide bonds. The van der Waals surface area contributed by atoms with Crippen LogP contribution in [0.4, 0.5) is 11.4 Å². The molecular weight excluding hydrogens is 268 g/mol. The van der Waals surface area contributed by atoms with Gasteiger partial charge in [-0.3, -0.25) is 4.79 Å². The molecule has 1 heterocycles. The second kappa shape index (κ2) is 5.36. The van der Waals surface area contributed by atoms with E-state index in [0.717, 1.165) is 11.3 Å². The van der Waals surface area contributed by atoms with E-state index in [1.54, 1.807) is 25.3 Å². The van der Waals surface area contributed by atoms with Gasteiger partial charge in [-0.2, -0.15) is 0 Å². The summed E-state index contributed by atoms with van der Waals surface area (Å²) in [6.45, 7) is 0. The highest BCUT2D eigenvalue weighted by atomic mass is 16.5. The van der Waals surface area contributed by atoms with Gasteiger partial charge in [0.25, 0.3) is 5.91 Å². The molecule has 1 unspecified atom stereocenters. The SMILES string of the molecule is COc1ccc(CC2Oc3ccc(N)cc3NC2=O)cc1. The third-order valence-electron chi connectivity index (χ3n) is 3.40. The Balaban J connectivity index is 1.77. The molecule has 1 aliphatic heterocycles. The number of nitrogens with two attached hydrogens (primary N) is 1. The fraction of sp³-hybridized carbons (Fsp3) is 0.188. The molecule has 0 radical (unpaired) electrons. The number of amides is 1. The summed E-state index contributed by atoms with van der Waals surface area (Å²) in [6, 6.07) is 12.8. The van der Waals surface area contributed by atoms with Gasteiger partial charge in [0.15, 0.2) is 6.10 Å². The zero-order valence-electron chi connectivity index (χ0n) is 11.6. The highest BCUT2D eigenvalue weighted by Crippen LogP contribution is 2.32. The zero-order valence-corrected chi connectivity index (χ0v) is 11.6. The van der Waals surface area contributed by atoms with E-state index in [9.17, 15) is 4.79 Å². The van der Waals surface area contributed by atoms with Gasteiger partial charge in [-0.05, 0) is 35.9 Å². The monoisotopic (exact) mass is 284 g/mol. The van der Waals surface area contributed by atoms with Crippen molar-refractivity contribution in [1.29, 1.82) is 0 Å². The number of anilines is 2. The van der Waals surface area contributed by atoms with Crippen molar-refractivity contribution in [2.45, 2.75) is 12.5 Å². The molecule has 2 aromatic carbocycles. The van der Waals surface area contributed by atoms with Crippen LogP contribution in [0.25, 0.3) is 0 Å². The molecule has 0 aromatic heterocycles. The molecule has 5 nitrogen and oxygen atoms in total. The van der Waals surface area contributed by atoms with Gasteiger partial charge in [-0.25, -0.2) is 0 Å². The fourth-order valence-corrected chi connectivity index (χ4v) is 2.28. The Kier molecular flexibility index (Phi) is 3.39. The number of carbonyl (C=O) groups excluding carboxylic acids is 1. The minimum absolute atomic E-state index is 0.163. The van der Waals surface area contributed by atoms with Crippen LogP contribution in [0, 0.1) is 0 Å². The Morgan fingerprint density at radius 3 is 2.71 bits per heavy atom. The van der Waals surface area contributed by atoms with Crippen LogP contribution >= 0.6 is 0 Å². The van der Waals surface area contributed by atoms with Gasteiger partial charge in [0.05, 0.1) is 12.8 Å². The van der Waals surface area contributed by atoms with Crippen molar-refractivity contribution in [3.05, 3.63) is 48.0 Å². The number of rotatable bonds is 3. The number of methoxy groups -OCH3 is 1. The van der Waals surface area contributed by atoms with E-state index >= 15 is 0 Å². The van der Waals surface area contributed by atoms with Gasteiger partial charge >= 0.3 is 0 Å². The smallest absolute Gasteiger partial charge is 0.265 e. The largest absolute Gasteiger partial charge is 0.497 e. The summed E-state index contributed by atoms with van der Waals surface area (Å²) >= 11 is 0. The molecule has 0 spiro atoms. The first-order valence-corrected chi connectivity index (χ1v) is 6.65. The number of nitrogens with one attached hydrogen (secondary N) is 1. The Hall–Kier alpha value is -2.69. The summed E-state index contributed by atoms with van der Waals surface area (Å²) in [4.78, 5) is 12.1. The highest BCUT2D eigenvalue weighted by molar-refractivity contribution is 5.98. The van der Waals surface area contributed by atoms with E-state index in [-0.39, 0.29) is 5.91 Å². The van der Waals surface area contributed by atoms with Crippen LogP contribution < -0.4 is 20.5 Å². The lowest BCUT2D eigenvalue weighted by atomic mass is 10.1. The lowest BCUT2D eigenvalue weighted by Gasteiger charge is -2.26. The summed E-state index contributed by atoms with van der Waals surface area (Å²) in [5, 5.41) is 2.82. The third-order valence-corrected chi connectivity index (χ3v) is 3.40. The van der Waals surface area contributed by atoms with Gasteiger partial charge in [-0.1, -0.05) is 12.1 Å². The van der Waals surface area contributed by atoms with Crippen molar-refractivity contribution in [3.8, 4) is 11.5 Å². The number of ether oxygens (including phenoxy) is 2. The molecule has 3 N–H and O–H groups in total. The molecule has 108 valence electrons. The second-order valence-corrected chi connectivity index (χ2v) is 4.90. The Morgan fingerprint density at radius 1 is 1.24 bits per heavy atom.